The lowest BCUT2D eigenvalue weighted by atomic mass is 10.0. The monoisotopic (exact) mass is 474 g/mol. The average molecular weight is 474 g/mol. The minimum absolute atomic E-state index is 0. The first-order valence-electron chi connectivity index (χ1n) is 9.77. The van der Waals surface area contributed by atoms with Crippen LogP contribution in [0.5, 0.6) is 0 Å². The van der Waals surface area contributed by atoms with Crippen LogP contribution >= 0.6 is 24.0 Å². The summed E-state index contributed by atoms with van der Waals surface area (Å²) in [5, 5.41) is 7.21. The van der Waals surface area contributed by atoms with Crippen LogP contribution in [0.3, 0.4) is 0 Å². The summed E-state index contributed by atoms with van der Waals surface area (Å²) in [4.78, 5) is 6.88. The first-order valence-corrected chi connectivity index (χ1v) is 9.77. The fraction of sp³-hybridized carbons (Fsp3) is 0.650. The molecule has 2 fully saturated rings. The van der Waals surface area contributed by atoms with Crippen LogP contribution in [0.25, 0.3) is 0 Å². The molecule has 4 nitrogen and oxygen atoms in total. The number of piperidine rings is 1. The van der Waals surface area contributed by atoms with Crippen molar-refractivity contribution in [2.75, 3.05) is 24.5 Å². The molecule has 146 valence electrons. The van der Waals surface area contributed by atoms with Crippen molar-refractivity contribution >= 4 is 35.6 Å². The van der Waals surface area contributed by atoms with E-state index in [2.05, 4.69) is 34.4 Å². The van der Waals surface area contributed by atoms with Crippen LogP contribution in [-0.4, -0.2) is 37.7 Å². The number of hydrogen-bond donors (Lipinski definition) is 2. The largest absolute Gasteiger partial charge is 0.371 e. The lowest BCUT2D eigenvalue weighted by molar-refractivity contribution is 0.460. The molecule has 0 amide bonds. The van der Waals surface area contributed by atoms with Crippen molar-refractivity contribution in [1.82, 2.24) is 10.6 Å². The van der Waals surface area contributed by atoms with Crippen LogP contribution in [0.2, 0.25) is 0 Å². The fourth-order valence-electron chi connectivity index (χ4n) is 3.73. The smallest absolute Gasteiger partial charge is 0.191 e. The quantitative estimate of drug-likeness (QED) is 0.370. The first-order chi connectivity index (χ1) is 12.2. The zero-order chi connectivity index (χ0) is 17.6. The van der Waals surface area contributed by atoms with E-state index in [0.29, 0.717) is 12.1 Å². The van der Waals surface area contributed by atoms with E-state index in [1.54, 1.807) is 12.1 Å². The highest BCUT2D eigenvalue weighted by Gasteiger charge is 2.36. The maximum absolute atomic E-state index is 13.4. The number of nitrogens with zero attached hydrogens (tertiary/aromatic N) is 2. The van der Waals surface area contributed by atoms with Crippen molar-refractivity contribution in [3.8, 4) is 0 Å². The van der Waals surface area contributed by atoms with Crippen LogP contribution < -0.4 is 15.5 Å². The molecule has 2 unspecified atom stereocenters. The van der Waals surface area contributed by atoms with E-state index in [1.807, 2.05) is 6.07 Å². The predicted octanol–water partition coefficient (Wildman–Crippen LogP) is 4.16. The van der Waals surface area contributed by atoms with Gasteiger partial charge in [0, 0.05) is 37.4 Å². The van der Waals surface area contributed by atoms with E-state index in [1.165, 1.54) is 25.3 Å². The molecule has 26 heavy (non-hydrogen) atoms. The molecular formula is C20H32FIN4. The van der Waals surface area contributed by atoms with E-state index in [9.17, 15) is 4.39 Å². The van der Waals surface area contributed by atoms with Crippen molar-refractivity contribution in [1.29, 1.82) is 0 Å². The fourth-order valence-corrected chi connectivity index (χ4v) is 3.73. The van der Waals surface area contributed by atoms with Gasteiger partial charge in [-0.1, -0.05) is 19.4 Å². The first kappa shape index (κ1) is 21.3. The number of guanidine groups is 1. The van der Waals surface area contributed by atoms with Crippen LogP contribution in [0, 0.1) is 11.7 Å². The van der Waals surface area contributed by atoms with Crippen molar-refractivity contribution in [3.63, 3.8) is 0 Å². The summed E-state index contributed by atoms with van der Waals surface area (Å²) in [6.45, 7) is 7.01. The van der Waals surface area contributed by atoms with E-state index in [-0.39, 0.29) is 29.8 Å². The number of nitrogens with one attached hydrogen (secondary N) is 2. The van der Waals surface area contributed by atoms with Gasteiger partial charge < -0.3 is 15.5 Å². The molecule has 2 atom stereocenters. The molecule has 1 saturated heterocycles. The van der Waals surface area contributed by atoms with Gasteiger partial charge in [-0.05, 0) is 56.7 Å². The zero-order valence-corrected chi connectivity index (χ0v) is 18.2. The summed E-state index contributed by atoms with van der Waals surface area (Å²) < 4.78 is 13.4. The Kier molecular flexibility index (Phi) is 8.44. The molecule has 0 radical (unpaired) electrons. The molecule has 2 aliphatic rings. The summed E-state index contributed by atoms with van der Waals surface area (Å²) in [5.74, 6) is 1.63. The summed E-state index contributed by atoms with van der Waals surface area (Å²) in [7, 11) is 0. The molecule has 0 spiro atoms. The Bertz CT molecular complexity index is 587. The maximum atomic E-state index is 13.4. The van der Waals surface area contributed by atoms with Gasteiger partial charge >= 0.3 is 0 Å². The van der Waals surface area contributed by atoms with Gasteiger partial charge in [-0.25, -0.2) is 4.39 Å². The van der Waals surface area contributed by atoms with Gasteiger partial charge in [-0.15, -0.1) is 24.0 Å². The third kappa shape index (κ3) is 5.99. The normalized spacial score (nSPS) is 23.3. The summed E-state index contributed by atoms with van der Waals surface area (Å²) in [5.41, 5.74) is 0.986. The molecule has 1 aromatic rings. The molecular weight excluding hydrogens is 442 g/mol. The Balaban J connectivity index is 0.00000243. The second kappa shape index (κ2) is 10.3. The number of rotatable bonds is 6. The highest BCUT2D eigenvalue weighted by molar-refractivity contribution is 14.0. The van der Waals surface area contributed by atoms with Crippen molar-refractivity contribution < 1.29 is 4.39 Å². The number of halogens is 2. The second-order valence-electron chi connectivity index (χ2n) is 7.24. The Morgan fingerprint density at radius 2 is 2.00 bits per heavy atom. The van der Waals surface area contributed by atoms with E-state index in [4.69, 9.17) is 0 Å². The van der Waals surface area contributed by atoms with Crippen molar-refractivity contribution in [2.24, 2.45) is 10.9 Å². The molecule has 1 saturated carbocycles. The van der Waals surface area contributed by atoms with Gasteiger partial charge in [0.15, 0.2) is 5.96 Å². The Labute approximate surface area is 174 Å². The molecule has 0 aromatic heterocycles. The third-order valence-electron chi connectivity index (χ3n) is 5.23. The summed E-state index contributed by atoms with van der Waals surface area (Å²) >= 11 is 0. The molecule has 1 aliphatic carbocycles. The van der Waals surface area contributed by atoms with Gasteiger partial charge in [-0.3, -0.25) is 4.99 Å². The number of anilines is 1. The maximum Gasteiger partial charge on any atom is 0.191 e. The van der Waals surface area contributed by atoms with Crippen LogP contribution in [0.4, 0.5) is 10.1 Å². The van der Waals surface area contributed by atoms with E-state index in [0.717, 1.165) is 50.0 Å². The lowest BCUT2D eigenvalue weighted by Gasteiger charge is -2.34. The molecule has 6 heteroatoms. The lowest BCUT2D eigenvalue weighted by Crippen LogP contribution is -2.49. The van der Waals surface area contributed by atoms with Crippen LogP contribution in [0.15, 0.2) is 29.3 Å². The Morgan fingerprint density at radius 3 is 2.65 bits per heavy atom. The van der Waals surface area contributed by atoms with Gasteiger partial charge in [0.05, 0.1) is 0 Å². The third-order valence-corrected chi connectivity index (χ3v) is 5.23. The minimum Gasteiger partial charge on any atom is -0.371 e. The summed E-state index contributed by atoms with van der Waals surface area (Å²) in [6.07, 6.45) is 5.93. The highest BCUT2D eigenvalue weighted by Crippen LogP contribution is 2.34. The second-order valence-corrected chi connectivity index (χ2v) is 7.24. The predicted molar refractivity (Wildman–Crippen MR) is 118 cm³/mol. The Morgan fingerprint density at radius 1 is 1.23 bits per heavy atom. The van der Waals surface area contributed by atoms with Crippen LogP contribution in [0.1, 0.15) is 46.0 Å². The number of hydrogen-bond acceptors (Lipinski definition) is 2. The molecule has 3 rings (SSSR count). The highest BCUT2D eigenvalue weighted by atomic mass is 127. The minimum atomic E-state index is -0.162. The van der Waals surface area contributed by atoms with Gasteiger partial charge in [0.2, 0.25) is 0 Å². The van der Waals surface area contributed by atoms with E-state index < -0.39 is 0 Å². The van der Waals surface area contributed by atoms with Crippen LogP contribution in [-0.2, 0) is 0 Å². The molecule has 2 N–H and O–H groups in total. The summed E-state index contributed by atoms with van der Waals surface area (Å²) in [6, 6.07) is 7.94. The van der Waals surface area contributed by atoms with Gasteiger partial charge in [0.25, 0.3) is 0 Å². The standard InChI is InChI=1S/C20H31FN4.HI/c1-3-6-15-13-19(15)24-20(22-4-2)23-17-9-11-25(12-10-17)18-8-5-7-16(21)14-18;/h5,7-8,14-15,17,19H,3-4,6,9-13H2,1-2H3,(H2,22,23,24);1H. The molecule has 1 heterocycles. The van der Waals surface area contributed by atoms with Crippen molar-refractivity contribution in [3.05, 3.63) is 30.1 Å². The van der Waals surface area contributed by atoms with Gasteiger partial charge in [-0.2, -0.15) is 0 Å². The number of benzene rings is 1. The molecule has 0 bridgehead atoms. The van der Waals surface area contributed by atoms with E-state index >= 15 is 0 Å². The zero-order valence-electron chi connectivity index (χ0n) is 15.9. The molecule has 1 aliphatic heterocycles. The SMILES string of the molecule is CCCC1CC1NC(=NCC)NC1CCN(c2cccc(F)c2)CC1.I. The number of aliphatic imine (C=N–C) groups is 1. The van der Waals surface area contributed by atoms with Crippen molar-refractivity contribution in [2.45, 2.75) is 58.0 Å². The average Bonchev–Trinajstić information content (AvgIpc) is 3.33. The van der Waals surface area contributed by atoms with Gasteiger partial charge in [0.1, 0.15) is 5.82 Å². The topological polar surface area (TPSA) is 39.7 Å². The molecule has 1 aromatic carbocycles. The Hall–Kier alpha value is -1.05.